The molecule has 146 valence electrons. The Labute approximate surface area is 177 Å². The summed E-state index contributed by atoms with van der Waals surface area (Å²) < 4.78 is 5.87. The van der Waals surface area contributed by atoms with Crippen molar-refractivity contribution < 1.29 is 4.74 Å². The summed E-state index contributed by atoms with van der Waals surface area (Å²) >= 11 is 6.58. The minimum absolute atomic E-state index is 0.324. The fourth-order valence-corrected chi connectivity index (χ4v) is 3.62. The molecule has 30 heavy (non-hydrogen) atoms. The topological polar surface area (TPSA) is 89.7 Å². The van der Waals surface area contributed by atoms with Crippen LogP contribution in [-0.4, -0.2) is 20.2 Å². The van der Waals surface area contributed by atoms with E-state index in [-0.39, 0.29) is 0 Å². The Morgan fingerprint density at radius 2 is 1.60 bits per heavy atom. The van der Waals surface area contributed by atoms with E-state index < -0.39 is 0 Å². The van der Waals surface area contributed by atoms with Crippen LogP contribution in [0, 0.1) is 0 Å². The molecule has 3 heterocycles. The lowest BCUT2D eigenvalue weighted by molar-refractivity contribution is 0.483. The number of hydrogen-bond donors (Lipinski definition) is 2. The van der Waals surface area contributed by atoms with Crippen molar-refractivity contribution >= 4 is 28.3 Å². The normalized spacial score (nSPS) is 11.0. The number of para-hydroxylation sites is 1. The largest absolute Gasteiger partial charge is 0.457 e. The molecule has 3 N–H and O–H groups in total. The van der Waals surface area contributed by atoms with E-state index in [0.29, 0.717) is 38.8 Å². The van der Waals surface area contributed by atoms with E-state index in [4.69, 9.17) is 22.1 Å². The summed E-state index contributed by atoms with van der Waals surface area (Å²) in [6, 6.07) is 22.8. The van der Waals surface area contributed by atoms with E-state index in [1.165, 1.54) is 0 Å². The zero-order chi connectivity index (χ0) is 20.5. The number of nitrogens with one attached hydrogen (secondary N) is 1. The summed E-state index contributed by atoms with van der Waals surface area (Å²) in [6.07, 6.45) is 1.70. The van der Waals surface area contributed by atoms with Crippen molar-refractivity contribution in [1.82, 2.24) is 20.2 Å². The number of ether oxygens (including phenoxy) is 1. The molecule has 0 amide bonds. The second kappa shape index (κ2) is 7.50. The first-order valence-electron chi connectivity index (χ1n) is 9.28. The van der Waals surface area contributed by atoms with E-state index >= 15 is 0 Å². The number of pyridine rings is 2. The fourth-order valence-electron chi connectivity index (χ4n) is 3.35. The standard InChI is InChI=1S/C23H16ClN5O/c24-22-18(17-8-4-5-13-26-17)21-19(23(25)29-28-21)20(27-22)14-9-11-16(12-10-14)30-15-6-2-1-3-7-15/h1-13H,(H3,25,28,29). The zero-order valence-electron chi connectivity index (χ0n) is 15.7. The highest BCUT2D eigenvalue weighted by molar-refractivity contribution is 6.34. The number of benzene rings is 2. The van der Waals surface area contributed by atoms with E-state index in [1.807, 2.05) is 72.8 Å². The third-order valence-corrected chi connectivity index (χ3v) is 5.00. The highest BCUT2D eigenvalue weighted by Crippen LogP contribution is 2.39. The number of rotatable bonds is 4. The first-order chi connectivity index (χ1) is 14.7. The predicted octanol–water partition coefficient (Wildman–Crippen LogP) is 5.71. The lowest BCUT2D eigenvalue weighted by Gasteiger charge is -2.10. The van der Waals surface area contributed by atoms with E-state index in [2.05, 4.69) is 20.2 Å². The van der Waals surface area contributed by atoms with Crippen molar-refractivity contribution in [3.05, 3.63) is 84.1 Å². The molecule has 0 aliphatic carbocycles. The Hall–Kier alpha value is -3.90. The molecule has 0 aliphatic rings. The van der Waals surface area contributed by atoms with Crippen LogP contribution >= 0.6 is 11.6 Å². The van der Waals surface area contributed by atoms with E-state index in [0.717, 1.165) is 17.1 Å². The number of hydrogen-bond acceptors (Lipinski definition) is 5. The lowest BCUT2D eigenvalue weighted by Crippen LogP contribution is -1.94. The van der Waals surface area contributed by atoms with Gasteiger partial charge in [-0.1, -0.05) is 35.9 Å². The number of nitrogen functional groups attached to an aromatic ring is 1. The number of nitrogens with two attached hydrogens (primary N) is 1. The van der Waals surface area contributed by atoms with Crippen molar-refractivity contribution in [2.24, 2.45) is 0 Å². The van der Waals surface area contributed by atoms with Crippen molar-refractivity contribution in [2.45, 2.75) is 0 Å². The monoisotopic (exact) mass is 413 g/mol. The molecule has 0 radical (unpaired) electrons. The highest BCUT2D eigenvalue weighted by Gasteiger charge is 2.20. The van der Waals surface area contributed by atoms with Gasteiger partial charge in [0.05, 0.1) is 27.9 Å². The molecule has 6 nitrogen and oxygen atoms in total. The van der Waals surface area contributed by atoms with Crippen LogP contribution in [0.5, 0.6) is 11.5 Å². The molecule has 2 aromatic carbocycles. The average Bonchev–Trinajstić information content (AvgIpc) is 3.16. The quantitative estimate of drug-likeness (QED) is 0.368. The third-order valence-electron chi connectivity index (χ3n) is 4.73. The average molecular weight is 414 g/mol. The number of nitrogens with zero attached hydrogens (tertiary/aromatic N) is 3. The summed E-state index contributed by atoms with van der Waals surface area (Å²) in [4.78, 5) is 9.03. The van der Waals surface area contributed by atoms with Gasteiger partial charge in [0.25, 0.3) is 0 Å². The van der Waals surface area contributed by atoms with E-state index in [1.54, 1.807) is 6.20 Å². The van der Waals surface area contributed by atoms with Crippen LogP contribution in [0.15, 0.2) is 79.0 Å². The molecule has 5 aromatic rings. The molecule has 3 aromatic heterocycles. The minimum atomic E-state index is 0.324. The number of H-pyrrole nitrogens is 1. The second-order valence-electron chi connectivity index (χ2n) is 6.64. The maximum atomic E-state index is 6.58. The number of aromatic nitrogens is 4. The van der Waals surface area contributed by atoms with Gasteiger partial charge in [0, 0.05) is 11.8 Å². The molecule has 0 fully saturated rings. The van der Waals surface area contributed by atoms with Crippen LogP contribution in [0.3, 0.4) is 0 Å². The van der Waals surface area contributed by atoms with Gasteiger partial charge in [-0.3, -0.25) is 10.1 Å². The van der Waals surface area contributed by atoms with Crippen molar-refractivity contribution in [1.29, 1.82) is 0 Å². The third kappa shape index (κ3) is 3.23. The van der Waals surface area contributed by atoms with Gasteiger partial charge in [0.15, 0.2) is 5.82 Å². The number of anilines is 1. The second-order valence-corrected chi connectivity index (χ2v) is 7.00. The molecule has 7 heteroatoms. The Morgan fingerprint density at radius 1 is 0.867 bits per heavy atom. The molecular weight excluding hydrogens is 398 g/mol. The van der Waals surface area contributed by atoms with Crippen LogP contribution in [0.25, 0.3) is 33.4 Å². The van der Waals surface area contributed by atoms with Crippen LogP contribution < -0.4 is 10.5 Å². The van der Waals surface area contributed by atoms with Crippen molar-refractivity contribution in [3.63, 3.8) is 0 Å². The summed E-state index contributed by atoms with van der Waals surface area (Å²) in [6.45, 7) is 0. The minimum Gasteiger partial charge on any atom is -0.457 e. The number of aromatic amines is 1. The molecule has 0 saturated heterocycles. The van der Waals surface area contributed by atoms with Crippen LogP contribution in [0.4, 0.5) is 5.82 Å². The van der Waals surface area contributed by atoms with Gasteiger partial charge in [-0.25, -0.2) is 4.98 Å². The molecular formula is C23H16ClN5O. The van der Waals surface area contributed by atoms with Gasteiger partial charge < -0.3 is 10.5 Å². The van der Waals surface area contributed by atoms with Crippen LogP contribution in [0.1, 0.15) is 0 Å². The molecule has 0 saturated carbocycles. The number of halogens is 1. The smallest absolute Gasteiger partial charge is 0.155 e. The highest BCUT2D eigenvalue weighted by atomic mass is 35.5. The molecule has 0 spiro atoms. The first kappa shape index (κ1) is 18.1. The Bertz CT molecular complexity index is 1320. The maximum Gasteiger partial charge on any atom is 0.155 e. The first-order valence-corrected chi connectivity index (χ1v) is 9.66. The lowest BCUT2D eigenvalue weighted by atomic mass is 10.0. The van der Waals surface area contributed by atoms with Crippen LogP contribution in [-0.2, 0) is 0 Å². The molecule has 0 unspecified atom stereocenters. The number of fused-ring (bicyclic) bond motifs is 1. The van der Waals surface area contributed by atoms with Gasteiger partial charge in [-0.2, -0.15) is 5.10 Å². The zero-order valence-corrected chi connectivity index (χ0v) is 16.5. The summed E-state index contributed by atoms with van der Waals surface area (Å²) in [5, 5.41) is 8.20. The predicted molar refractivity (Wildman–Crippen MR) is 118 cm³/mol. The SMILES string of the molecule is Nc1n[nH]c2c(-c3ccccn3)c(Cl)nc(-c3ccc(Oc4ccccc4)cc3)c12. The fraction of sp³-hybridized carbons (Fsp3) is 0. The molecule has 0 atom stereocenters. The van der Waals surface area contributed by atoms with Gasteiger partial charge in [0.2, 0.25) is 0 Å². The Balaban J connectivity index is 1.59. The summed E-state index contributed by atoms with van der Waals surface area (Å²) in [7, 11) is 0. The molecule has 0 bridgehead atoms. The maximum absolute atomic E-state index is 6.58. The summed E-state index contributed by atoms with van der Waals surface area (Å²) in [5.41, 5.74) is 9.74. The van der Waals surface area contributed by atoms with E-state index in [9.17, 15) is 0 Å². The van der Waals surface area contributed by atoms with Gasteiger partial charge >= 0.3 is 0 Å². The summed E-state index contributed by atoms with van der Waals surface area (Å²) in [5.74, 6) is 1.84. The van der Waals surface area contributed by atoms with Crippen molar-refractivity contribution in [2.75, 3.05) is 5.73 Å². The molecule has 5 rings (SSSR count). The Morgan fingerprint density at radius 3 is 2.33 bits per heavy atom. The Kier molecular flexibility index (Phi) is 4.53. The molecule has 0 aliphatic heterocycles. The van der Waals surface area contributed by atoms with Crippen molar-refractivity contribution in [3.8, 4) is 34.0 Å². The van der Waals surface area contributed by atoms with Gasteiger partial charge in [0.1, 0.15) is 16.7 Å². The van der Waals surface area contributed by atoms with Gasteiger partial charge in [-0.15, -0.1) is 0 Å². The van der Waals surface area contributed by atoms with Gasteiger partial charge in [-0.05, 0) is 48.5 Å². The van der Waals surface area contributed by atoms with Crippen LogP contribution in [0.2, 0.25) is 5.15 Å².